The van der Waals surface area contributed by atoms with E-state index < -0.39 is 11.2 Å². The molecule has 0 fully saturated rings. The zero-order valence-electron chi connectivity index (χ0n) is 11.7. The Morgan fingerprint density at radius 3 is 2.55 bits per heavy atom. The van der Waals surface area contributed by atoms with Crippen molar-refractivity contribution in [3.05, 3.63) is 47.5 Å². The summed E-state index contributed by atoms with van der Waals surface area (Å²) in [6, 6.07) is 6.91. The topological polar surface area (TPSA) is 69.6 Å². The molecule has 0 radical (unpaired) electrons. The second-order valence-corrected chi connectivity index (χ2v) is 5.68. The van der Waals surface area contributed by atoms with Gasteiger partial charge in [-0.05, 0) is 19.9 Å². The second-order valence-electron chi connectivity index (χ2n) is 5.27. The van der Waals surface area contributed by atoms with Crippen LogP contribution in [0.25, 0.3) is 0 Å². The predicted molar refractivity (Wildman–Crippen MR) is 79.5 cm³/mol. The first-order valence-corrected chi connectivity index (χ1v) is 6.66. The Balaban J connectivity index is 2.67. The van der Waals surface area contributed by atoms with Gasteiger partial charge in [0.15, 0.2) is 0 Å². The van der Waals surface area contributed by atoms with Gasteiger partial charge in [0.1, 0.15) is 5.60 Å². The largest absolute Gasteiger partial charge is 0.386 e. The lowest BCUT2D eigenvalue weighted by Gasteiger charge is -2.26. The SMILES string of the molecule is C=C[C@@](C)(O)CC(=O)NC[C@](C)(O)c1ccccc1Cl. The van der Waals surface area contributed by atoms with Crippen LogP contribution >= 0.6 is 11.6 Å². The number of hydrogen-bond acceptors (Lipinski definition) is 3. The fraction of sp³-hybridized carbons (Fsp3) is 0.400. The van der Waals surface area contributed by atoms with Gasteiger partial charge in [-0.3, -0.25) is 4.79 Å². The van der Waals surface area contributed by atoms with Crippen LogP contribution in [-0.4, -0.2) is 28.3 Å². The molecule has 20 heavy (non-hydrogen) atoms. The lowest BCUT2D eigenvalue weighted by Crippen LogP contribution is -2.41. The molecule has 0 aromatic heterocycles. The Morgan fingerprint density at radius 2 is 2.00 bits per heavy atom. The van der Waals surface area contributed by atoms with Crippen molar-refractivity contribution in [2.75, 3.05) is 6.54 Å². The van der Waals surface area contributed by atoms with Gasteiger partial charge in [0.05, 0.1) is 18.6 Å². The summed E-state index contributed by atoms with van der Waals surface area (Å²) in [5, 5.41) is 23.1. The average Bonchev–Trinajstić information content (AvgIpc) is 2.36. The zero-order valence-corrected chi connectivity index (χ0v) is 12.4. The van der Waals surface area contributed by atoms with E-state index in [2.05, 4.69) is 11.9 Å². The third-order valence-electron chi connectivity index (χ3n) is 3.04. The van der Waals surface area contributed by atoms with Crippen molar-refractivity contribution in [2.24, 2.45) is 0 Å². The van der Waals surface area contributed by atoms with Gasteiger partial charge in [-0.15, -0.1) is 6.58 Å². The summed E-state index contributed by atoms with van der Waals surface area (Å²) in [7, 11) is 0. The van der Waals surface area contributed by atoms with Gasteiger partial charge in [0.2, 0.25) is 5.91 Å². The molecule has 0 spiro atoms. The predicted octanol–water partition coefficient (Wildman–Crippen LogP) is 1.99. The molecule has 1 amide bonds. The van der Waals surface area contributed by atoms with Crippen molar-refractivity contribution in [1.82, 2.24) is 5.32 Å². The number of nitrogens with one attached hydrogen (secondary N) is 1. The third-order valence-corrected chi connectivity index (χ3v) is 3.37. The maximum atomic E-state index is 11.7. The van der Waals surface area contributed by atoms with Gasteiger partial charge in [0, 0.05) is 10.6 Å². The van der Waals surface area contributed by atoms with Crippen molar-refractivity contribution in [3.63, 3.8) is 0 Å². The monoisotopic (exact) mass is 297 g/mol. The molecular formula is C15H20ClNO3. The Bertz CT molecular complexity index is 498. The fourth-order valence-corrected chi connectivity index (χ4v) is 2.06. The quantitative estimate of drug-likeness (QED) is 0.703. The van der Waals surface area contributed by atoms with Crippen molar-refractivity contribution in [1.29, 1.82) is 0 Å². The molecule has 0 saturated carbocycles. The van der Waals surface area contributed by atoms with Crippen LogP contribution in [-0.2, 0) is 10.4 Å². The van der Waals surface area contributed by atoms with E-state index in [-0.39, 0.29) is 18.9 Å². The first kappa shape index (κ1) is 16.7. The number of benzene rings is 1. The van der Waals surface area contributed by atoms with Crippen LogP contribution in [0.1, 0.15) is 25.8 Å². The van der Waals surface area contributed by atoms with E-state index >= 15 is 0 Å². The van der Waals surface area contributed by atoms with E-state index in [4.69, 9.17) is 11.6 Å². The number of halogens is 1. The number of carbonyl (C=O) groups is 1. The molecule has 5 heteroatoms. The molecule has 0 bridgehead atoms. The summed E-state index contributed by atoms with van der Waals surface area (Å²) in [5.74, 6) is -0.373. The molecule has 3 N–H and O–H groups in total. The van der Waals surface area contributed by atoms with Crippen LogP contribution in [0.4, 0.5) is 0 Å². The number of aliphatic hydroxyl groups is 2. The van der Waals surface area contributed by atoms with Crippen LogP contribution in [0, 0.1) is 0 Å². The van der Waals surface area contributed by atoms with Crippen molar-refractivity contribution >= 4 is 17.5 Å². The van der Waals surface area contributed by atoms with E-state index in [1.54, 1.807) is 31.2 Å². The molecule has 1 rings (SSSR count). The molecule has 0 heterocycles. The van der Waals surface area contributed by atoms with Gasteiger partial charge in [0.25, 0.3) is 0 Å². The molecule has 2 atom stereocenters. The Hall–Kier alpha value is -1.36. The maximum Gasteiger partial charge on any atom is 0.223 e. The van der Waals surface area contributed by atoms with Gasteiger partial charge in [-0.1, -0.05) is 35.9 Å². The van der Waals surface area contributed by atoms with Crippen molar-refractivity contribution in [3.8, 4) is 0 Å². The van der Waals surface area contributed by atoms with E-state index in [0.717, 1.165) is 0 Å². The fourth-order valence-electron chi connectivity index (χ4n) is 1.72. The molecule has 1 aromatic rings. The molecular weight excluding hydrogens is 278 g/mol. The van der Waals surface area contributed by atoms with E-state index in [1.165, 1.54) is 13.0 Å². The zero-order chi connectivity index (χ0) is 15.4. The smallest absolute Gasteiger partial charge is 0.223 e. The molecule has 0 unspecified atom stereocenters. The first-order chi connectivity index (χ1) is 9.18. The van der Waals surface area contributed by atoms with Crippen LogP contribution in [0.2, 0.25) is 5.02 Å². The van der Waals surface area contributed by atoms with Crippen molar-refractivity contribution < 1.29 is 15.0 Å². The lowest BCUT2D eigenvalue weighted by molar-refractivity contribution is -0.125. The summed E-state index contributed by atoms with van der Waals surface area (Å²) in [4.78, 5) is 11.7. The lowest BCUT2D eigenvalue weighted by atomic mass is 9.95. The van der Waals surface area contributed by atoms with Gasteiger partial charge >= 0.3 is 0 Å². The summed E-state index contributed by atoms with van der Waals surface area (Å²) in [5.41, 5.74) is -2.01. The Kier molecular flexibility index (Phi) is 5.34. The van der Waals surface area contributed by atoms with E-state index in [0.29, 0.717) is 10.6 Å². The van der Waals surface area contributed by atoms with Gasteiger partial charge < -0.3 is 15.5 Å². The first-order valence-electron chi connectivity index (χ1n) is 6.28. The summed E-state index contributed by atoms with van der Waals surface area (Å²) in [6.07, 6.45) is 1.19. The van der Waals surface area contributed by atoms with Crippen LogP contribution < -0.4 is 5.32 Å². The summed E-state index contributed by atoms with van der Waals surface area (Å²) in [6.45, 7) is 6.52. The minimum Gasteiger partial charge on any atom is -0.386 e. The summed E-state index contributed by atoms with van der Waals surface area (Å²) >= 11 is 6.03. The molecule has 4 nitrogen and oxygen atoms in total. The Morgan fingerprint density at radius 1 is 1.40 bits per heavy atom. The maximum absolute atomic E-state index is 11.7. The molecule has 1 aromatic carbocycles. The molecule has 0 aliphatic rings. The van der Waals surface area contributed by atoms with E-state index in [1.807, 2.05) is 0 Å². The van der Waals surface area contributed by atoms with Crippen LogP contribution in [0.3, 0.4) is 0 Å². The molecule has 110 valence electrons. The molecule has 0 aliphatic carbocycles. The molecule has 0 aliphatic heterocycles. The minimum atomic E-state index is -1.28. The highest BCUT2D eigenvalue weighted by Crippen LogP contribution is 2.27. The average molecular weight is 298 g/mol. The van der Waals surface area contributed by atoms with Crippen molar-refractivity contribution in [2.45, 2.75) is 31.5 Å². The molecule has 0 saturated heterocycles. The highest BCUT2D eigenvalue weighted by molar-refractivity contribution is 6.31. The number of hydrogen-bond donors (Lipinski definition) is 3. The van der Waals surface area contributed by atoms with Crippen LogP contribution in [0.15, 0.2) is 36.9 Å². The Labute approximate surface area is 124 Å². The van der Waals surface area contributed by atoms with Gasteiger partial charge in [-0.25, -0.2) is 0 Å². The standard InChI is InChI=1S/C15H20ClNO3/c1-4-14(2,19)9-13(18)17-10-15(3,20)11-7-5-6-8-12(11)16/h4-8,19-20H,1,9-10H2,2-3H3,(H,17,18)/t14-,15+/m1/s1. The normalized spacial score (nSPS) is 16.9. The number of rotatable bonds is 6. The minimum absolute atomic E-state index is 0.00277. The third kappa shape index (κ3) is 4.63. The van der Waals surface area contributed by atoms with Crippen LogP contribution in [0.5, 0.6) is 0 Å². The number of carbonyl (C=O) groups excluding carboxylic acids is 1. The van der Waals surface area contributed by atoms with Gasteiger partial charge in [-0.2, -0.15) is 0 Å². The van der Waals surface area contributed by atoms with E-state index in [9.17, 15) is 15.0 Å². The number of amides is 1. The second kappa shape index (κ2) is 6.39. The highest BCUT2D eigenvalue weighted by atomic mass is 35.5. The highest BCUT2D eigenvalue weighted by Gasteiger charge is 2.27. The summed E-state index contributed by atoms with van der Waals surface area (Å²) < 4.78 is 0.